The number of aliphatic hydroxyl groups excluding tert-OH is 1. The van der Waals surface area contributed by atoms with E-state index in [0.29, 0.717) is 30.3 Å². The summed E-state index contributed by atoms with van der Waals surface area (Å²) in [5, 5.41) is 17.4. The summed E-state index contributed by atoms with van der Waals surface area (Å²) in [6, 6.07) is 19.9. The highest BCUT2D eigenvalue weighted by atomic mass is 19.1. The first-order valence-electron chi connectivity index (χ1n) is 13.8. The van der Waals surface area contributed by atoms with Gasteiger partial charge < -0.3 is 15.7 Å². The van der Waals surface area contributed by atoms with Crippen LogP contribution in [0.15, 0.2) is 85.3 Å². The molecule has 2 aromatic heterocycles. The quantitative estimate of drug-likeness (QED) is 0.205. The minimum absolute atomic E-state index is 0.0209. The number of pyridine rings is 1. The largest absolute Gasteiger partial charge is 0.390 e. The maximum absolute atomic E-state index is 14.1. The zero-order valence-corrected chi connectivity index (χ0v) is 23.4. The number of fused-ring (bicyclic) bond motifs is 1. The molecule has 0 aliphatic rings. The van der Waals surface area contributed by atoms with E-state index in [-0.39, 0.29) is 25.1 Å². The monoisotopic (exact) mass is 557 g/mol. The number of nitrogens with one attached hydrogen (secondary N) is 2. The molecule has 2 aromatic carbocycles. The minimum Gasteiger partial charge on any atom is -0.390 e. The van der Waals surface area contributed by atoms with E-state index in [2.05, 4.69) is 25.6 Å². The second-order valence-corrected chi connectivity index (χ2v) is 10.9. The number of halogens is 1. The number of carbonyl (C=O) groups excluding carboxylic acids is 2. The fourth-order valence-electron chi connectivity index (χ4n) is 4.76. The standard InChI is InChI=1S/C32H36FN5O3/c1-31(2,33)17-9-8-16-28(39)32(19-23-11-4-3-5-12-23,30(41)36-21-24-13-10-18-34-20-24)38-29(40)27-22-35-25-14-6-7-15-26(25)37-27/h3-7,10-15,18,20,22,28,39H,8-9,16-17,19,21H2,1-2H3,(H,36,41)(H,38,40)/t28-,32-/m0/s1. The molecule has 0 saturated carbocycles. The molecule has 0 fully saturated rings. The summed E-state index contributed by atoms with van der Waals surface area (Å²) in [6.45, 7) is 3.18. The summed E-state index contributed by atoms with van der Waals surface area (Å²) in [5.74, 6) is -1.19. The molecule has 4 rings (SSSR count). The van der Waals surface area contributed by atoms with Crippen LogP contribution in [0, 0.1) is 0 Å². The van der Waals surface area contributed by atoms with E-state index in [9.17, 15) is 19.1 Å². The van der Waals surface area contributed by atoms with Crippen LogP contribution in [0.4, 0.5) is 4.39 Å². The Morgan fingerprint density at radius 1 is 0.927 bits per heavy atom. The summed E-state index contributed by atoms with van der Waals surface area (Å²) in [7, 11) is 0. The number of carbonyl (C=O) groups is 2. The van der Waals surface area contributed by atoms with E-state index < -0.39 is 29.1 Å². The van der Waals surface area contributed by atoms with Crippen molar-refractivity contribution < 1.29 is 19.1 Å². The third-order valence-electron chi connectivity index (χ3n) is 6.99. The molecule has 41 heavy (non-hydrogen) atoms. The molecule has 0 unspecified atom stereocenters. The lowest BCUT2D eigenvalue weighted by Gasteiger charge is -2.38. The van der Waals surface area contributed by atoms with Gasteiger partial charge in [0.25, 0.3) is 5.91 Å². The molecule has 4 aromatic rings. The van der Waals surface area contributed by atoms with Crippen LogP contribution < -0.4 is 10.6 Å². The van der Waals surface area contributed by atoms with E-state index >= 15 is 0 Å². The van der Waals surface area contributed by atoms with Crippen LogP contribution in [-0.4, -0.2) is 49.2 Å². The molecule has 2 heterocycles. The summed E-state index contributed by atoms with van der Waals surface area (Å²) in [4.78, 5) is 40.6. The minimum atomic E-state index is -1.75. The smallest absolute Gasteiger partial charge is 0.272 e. The maximum atomic E-state index is 14.1. The normalized spacial score (nSPS) is 13.8. The van der Waals surface area contributed by atoms with Crippen molar-refractivity contribution in [3.63, 3.8) is 0 Å². The van der Waals surface area contributed by atoms with Gasteiger partial charge in [0.1, 0.15) is 16.9 Å². The number of para-hydroxylation sites is 2. The molecular formula is C32H36FN5O3. The van der Waals surface area contributed by atoms with Crippen molar-refractivity contribution in [2.24, 2.45) is 0 Å². The van der Waals surface area contributed by atoms with Gasteiger partial charge in [0.2, 0.25) is 5.91 Å². The Kier molecular flexibility index (Phi) is 9.73. The zero-order valence-electron chi connectivity index (χ0n) is 23.4. The van der Waals surface area contributed by atoms with E-state index in [0.717, 1.165) is 11.1 Å². The Labute approximate surface area is 239 Å². The van der Waals surface area contributed by atoms with E-state index in [1.807, 2.05) is 42.5 Å². The number of nitrogens with zero attached hydrogens (tertiary/aromatic N) is 3. The van der Waals surface area contributed by atoms with Gasteiger partial charge in [-0.25, -0.2) is 9.37 Å². The summed E-state index contributed by atoms with van der Waals surface area (Å²) >= 11 is 0. The molecule has 214 valence electrons. The molecule has 0 aliphatic carbocycles. The van der Waals surface area contributed by atoms with Crippen molar-refractivity contribution >= 4 is 22.8 Å². The Morgan fingerprint density at radius 3 is 2.34 bits per heavy atom. The Bertz CT molecular complexity index is 1450. The number of rotatable bonds is 13. The molecule has 8 nitrogen and oxygen atoms in total. The van der Waals surface area contributed by atoms with Gasteiger partial charge >= 0.3 is 0 Å². The highest BCUT2D eigenvalue weighted by Gasteiger charge is 2.46. The second kappa shape index (κ2) is 13.4. The lowest BCUT2D eigenvalue weighted by Crippen LogP contribution is -2.66. The van der Waals surface area contributed by atoms with Gasteiger partial charge in [-0.3, -0.25) is 19.6 Å². The van der Waals surface area contributed by atoms with Crippen LogP contribution in [0.5, 0.6) is 0 Å². The van der Waals surface area contributed by atoms with Gasteiger partial charge in [-0.1, -0.05) is 61.4 Å². The van der Waals surface area contributed by atoms with Gasteiger partial charge in [-0.2, -0.15) is 0 Å². The first-order chi connectivity index (χ1) is 19.7. The van der Waals surface area contributed by atoms with Crippen LogP contribution >= 0.6 is 0 Å². The van der Waals surface area contributed by atoms with Gasteiger partial charge in [0, 0.05) is 25.4 Å². The highest BCUT2D eigenvalue weighted by Crippen LogP contribution is 2.26. The molecule has 0 spiro atoms. The molecule has 0 radical (unpaired) electrons. The number of alkyl halides is 1. The molecule has 2 amide bonds. The van der Waals surface area contributed by atoms with Crippen molar-refractivity contribution in [2.75, 3.05) is 0 Å². The van der Waals surface area contributed by atoms with Gasteiger partial charge in [0.15, 0.2) is 0 Å². The Morgan fingerprint density at radius 2 is 1.63 bits per heavy atom. The van der Waals surface area contributed by atoms with Gasteiger partial charge in [-0.05, 0) is 56.0 Å². The first kappa shape index (κ1) is 29.7. The highest BCUT2D eigenvalue weighted by molar-refractivity contribution is 5.99. The first-order valence-corrected chi connectivity index (χ1v) is 13.8. The Hall–Kier alpha value is -4.24. The average Bonchev–Trinajstić information content (AvgIpc) is 2.97. The van der Waals surface area contributed by atoms with Crippen LogP contribution in [0.2, 0.25) is 0 Å². The maximum Gasteiger partial charge on any atom is 0.272 e. The molecule has 0 bridgehead atoms. The summed E-state index contributed by atoms with van der Waals surface area (Å²) in [6.07, 6.45) is 4.84. The fraction of sp³-hybridized carbons (Fsp3) is 0.344. The second-order valence-electron chi connectivity index (χ2n) is 10.9. The number of hydrogen-bond donors (Lipinski definition) is 3. The Balaban J connectivity index is 1.67. The molecule has 0 aliphatic heterocycles. The summed E-state index contributed by atoms with van der Waals surface area (Å²) in [5.41, 5.74) is -0.393. The van der Waals surface area contributed by atoms with Gasteiger partial charge in [0.05, 0.1) is 23.3 Å². The van der Waals surface area contributed by atoms with Crippen LogP contribution in [0.3, 0.4) is 0 Å². The number of unbranched alkanes of at least 4 members (excludes halogenated alkanes) is 1. The fourth-order valence-corrected chi connectivity index (χ4v) is 4.76. The van der Waals surface area contributed by atoms with Crippen molar-refractivity contribution in [1.29, 1.82) is 0 Å². The topological polar surface area (TPSA) is 117 Å². The van der Waals surface area contributed by atoms with Gasteiger partial charge in [-0.15, -0.1) is 0 Å². The zero-order chi connectivity index (χ0) is 29.3. The number of benzene rings is 2. The van der Waals surface area contributed by atoms with Crippen LogP contribution in [0.1, 0.15) is 61.1 Å². The number of amides is 2. The number of hydrogen-bond acceptors (Lipinski definition) is 6. The van der Waals surface area contributed by atoms with Crippen molar-refractivity contribution in [3.8, 4) is 0 Å². The predicted octanol–water partition coefficient (Wildman–Crippen LogP) is 4.72. The number of aliphatic hydroxyl groups is 1. The van der Waals surface area contributed by atoms with E-state index in [1.54, 1.807) is 36.7 Å². The number of aromatic nitrogens is 3. The predicted molar refractivity (Wildman–Crippen MR) is 156 cm³/mol. The SMILES string of the molecule is CC(C)(F)CCCC[C@H](O)[C@](Cc1ccccc1)(NC(=O)c1cnc2ccccc2n1)C(=O)NCc1cccnc1. The lowest BCUT2D eigenvalue weighted by molar-refractivity contribution is -0.132. The lowest BCUT2D eigenvalue weighted by atomic mass is 9.81. The summed E-state index contributed by atoms with van der Waals surface area (Å²) < 4.78 is 14.1. The van der Waals surface area contributed by atoms with E-state index in [4.69, 9.17) is 0 Å². The molecule has 9 heteroatoms. The molecule has 3 N–H and O–H groups in total. The van der Waals surface area contributed by atoms with E-state index in [1.165, 1.54) is 20.0 Å². The van der Waals surface area contributed by atoms with Crippen molar-refractivity contribution in [2.45, 2.75) is 69.8 Å². The van der Waals surface area contributed by atoms with Crippen LogP contribution in [0.25, 0.3) is 11.0 Å². The third kappa shape index (κ3) is 8.14. The molecular weight excluding hydrogens is 521 g/mol. The molecule has 2 atom stereocenters. The average molecular weight is 558 g/mol. The molecule has 0 saturated heterocycles. The third-order valence-corrected chi connectivity index (χ3v) is 6.99. The van der Waals surface area contributed by atoms with Crippen LogP contribution in [-0.2, 0) is 17.8 Å². The van der Waals surface area contributed by atoms with Crippen molar-refractivity contribution in [1.82, 2.24) is 25.6 Å². The van der Waals surface area contributed by atoms with Crippen molar-refractivity contribution in [3.05, 3.63) is 102 Å².